The van der Waals surface area contributed by atoms with Crippen LogP contribution in [0.3, 0.4) is 0 Å². The molecule has 1 N–H and O–H groups in total. The predicted octanol–water partition coefficient (Wildman–Crippen LogP) is 8.05. The van der Waals surface area contributed by atoms with E-state index in [9.17, 15) is 5.11 Å². The van der Waals surface area contributed by atoms with Gasteiger partial charge in [0.25, 0.3) is 0 Å². The van der Waals surface area contributed by atoms with Gasteiger partial charge in [-0.1, -0.05) is 77.1 Å². The first-order chi connectivity index (χ1) is 16.2. The second kappa shape index (κ2) is 8.32. The normalized spacial score (nSPS) is 12.2. The molecule has 0 aliphatic heterocycles. The summed E-state index contributed by atoms with van der Waals surface area (Å²) in [6, 6.07) is 25.1. The molecule has 0 fully saturated rings. The van der Waals surface area contributed by atoms with E-state index in [0.717, 1.165) is 34.0 Å². The number of hydrogen-bond donors (Lipinski definition) is 1. The Morgan fingerprint density at radius 1 is 0.853 bits per heavy atom. The number of fused-ring (bicyclic) bond motifs is 3. The number of phenolic OH excluding ortho intramolecular Hbond substituents is 1. The Kier molecular flexibility index (Phi) is 5.44. The minimum Gasteiger partial charge on any atom is -0.508 e. The molecule has 2 aromatic heterocycles. The number of para-hydroxylation sites is 1. The molecule has 3 heteroatoms. The van der Waals surface area contributed by atoms with Crippen molar-refractivity contribution in [1.82, 2.24) is 9.55 Å². The lowest BCUT2D eigenvalue weighted by molar-refractivity contribution is 0.476. The minimum absolute atomic E-state index is 0.128. The van der Waals surface area contributed by atoms with E-state index in [1.165, 1.54) is 22.3 Å². The van der Waals surface area contributed by atoms with Crippen LogP contribution in [0.2, 0.25) is 0 Å². The van der Waals surface area contributed by atoms with E-state index in [2.05, 4.69) is 93.8 Å². The molecule has 0 amide bonds. The maximum absolute atomic E-state index is 10.2. The van der Waals surface area contributed by atoms with Crippen LogP contribution in [-0.4, -0.2) is 14.7 Å². The molecule has 0 aliphatic carbocycles. The first-order valence-electron chi connectivity index (χ1n) is 12.0. The summed E-state index contributed by atoms with van der Waals surface area (Å²) in [7, 11) is 0. The molecule has 0 atom stereocenters. The molecule has 0 radical (unpaired) electrons. The molecule has 0 spiro atoms. The molecule has 5 aromatic rings. The van der Waals surface area contributed by atoms with Gasteiger partial charge in [-0.05, 0) is 58.7 Å². The molecule has 0 bridgehead atoms. The largest absolute Gasteiger partial charge is 0.508 e. The van der Waals surface area contributed by atoms with Crippen molar-refractivity contribution < 1.29 is 5.11 Å². The van der Waals surface area contributed by atoms with Crippen LogP contribution in [0, 0.1) is 5.92 Å². The van der Waals surface area contributed by atoms with Gasteiger partial charge in [-0.3, -0.25) is 4.57 Å². The maximum atomic E-state index is 10.2. The molecule has 34 heavy (non-hydrogen) atoms. The Labute approximate surface area is 201 Å². The number of rotatable bonds is 4. The van der Waals surface area contributed by atoms with Crippen molar-refractivity contribution >= 4 is 21.8 Å². The summed E-state index contributed by atoms with van der Waals surface area (Å²) in [6.45, 7) is 11.2. The second-order valence-corrected chi connectivity index (χ2v) is 10.7. The minimum atomic E-state index is 0.128. The number of aromatic hydroxyl groups is 1. The van der Waals surface area contributed by atoms with E-state index in [1.807, 2.05) is 18.3 Å². The van der Waals surface area contributed by atoms with Gasteiger partial charge in [-0.15, -0.1) is 0 Å². The van der Waals surface area contributed by atoms with E-state index in [4.69, 9.17) is 4.98 Å². The fraction of sp³-hybridized carbons (Fsp3) is 0.258. The summed E-state index contributed by atoms with van der Waals surface area (Å²) in [5, 5.41) is 12.5. The Morgan fingerprint density at radius 3 is 2.26 bits per heavy atom. The van der Waals surface area contributed by atoms with E-state index < -0.39 is 0 Å². The highest BCUT2D eigenvalue weighted by molar-refractivity contribution is 6.09. The Bertz CT molecular complexity index is 1480. The van der Waals surface area contributed by atoms with E-state index in [0.29, 0.717) is 5.92 Å². The number of pyridine rings is 1. The van der Waals surface area contributed by atoms with Crippen LogP contribution in [0.5, 0.6) is 5.75 Å². The van der Waals surface area contributed by atoms with E-state index in [-0.39, 0.29) is 11.2 Å². The van der Waals surface area contributed by atoms with Crippen molar-refractivity contribution in [3.05, 3.63) is 90.1 Å². The van der Waals surface area contributed by atoms with Crippen LogP contribution in [0.25, 0.3) is 38.8 Å². The highest BCUT2D eigenvalue weighted by Gasteiger charge is 2.17. The topological polar surface area (TPSA) is 38.0 Å². The molecule has 5 rings (SSSR count). The zero-order valence-electron chi connectivity index (χ0n) is 20.6. The molecule has 3 aromatic carbocycles. The Hall–Kier alpha value is -3.59. The number of benzene rings is 3. The van der Waals surface area contributed by atoms with E-state index >= 15 is 0 Å². The van der Waals surface area contributed by atoms with Gasteiger partial charge in [0.05, 0.1) is 11.0 Å². The van der Waals surface area contributed by atoms with Crippen molar-refractivity contribution in [3.63, 3.8) is 0 Å². The lowest BCUT2D eigenvalue weighted by Gasteiger charge is -2.20. The molecule has 3 nitrogen and oxygen atoms in total. The van der Waals surface area contributed by atoms with Gasteiger partial charge >= 0.3 is 0 Å². The summed E-state index contributed by atoms with van der Waals surface area (Å²) >= 11 is 0. The van der Waals surface area contributed by atoms with Gasteiger partial charge in [0.1, 0.15) is 11.6 Å². The Morgan fingerprint density at radius 2 is 1.56 bits per heavy atom. The Balaban J connectivity index is 1.70. The molecule has 2 heterocycles. The number of nitrogens with zero attached hydrogens (tertiary/aromatic N) is 2. The summed E-state index contributed by atoms with van der Waals surface area (Å²) in [5.74, 6) is 1.65. The van der Waals surface area contributed by atoms with Crippen LogP contribution >= 0.6 is 0 Å². The molecule has 0 aliphatic rings. The number of hydrogen-bond acceptors (Lipinski definition) is 2. The lowest BCUT2D eigenvalue weighted by atomic mass is 9.86. The number of phenols is 1. The summed E-state index contributed by atoms with van der Waals surface area (Å²) in [4.78, 5) is 4.95. The first-order valence-corrected chi connectivity index (χ1v) is 12.0. The average molecular weight is 449 g/mol. The monoisotopic (exact) mass is 448 g/mol. The van der Waals surface area contributed by atoms with Crippen LogP contribution in [0.4, 0.5) is 0 Å². The van der Waals surface area contributed by atoms with Crippen molar-refractivity contribution in [2.45, 2.75) is 46.5 Å². The van der Waals surface area contributed by atoms with Crippen LogP contribution < -0.4 is 0 Å². The van der Waals surface area contributed by atoms with Gasteiger partial charge < -0.3 is 5.11 Å². The molecule has 0 saturated heterocycles. The zero-order chi connectivity index (χ0) is 24.0. The van der Waals surface area contributed by atoms with Crippen molar-refractivity contribution in [2.75, 3.05) is 0 Å². The number of aromatic nitrogens is 2. The third-order valence-electron chi connectivity index (χ3n) is 6.55. The first kappa shape index (κ1) is 22.2. The lowest BCUT2D eigenvalue weighted by Crippen LogP contribution is -2.10. The van der Waals surface area contributed by atoms with Gasteiger partial charge in [-0.2, -0.15) is 0 Å². The van der Waals surface area contributed by atoms with Crippen molar-refractivity contribution in [3.8, 4) is 22.7 Å². The van der Waals surface area contributed by atoms with Crippen molar-refractivity contribution in [2.24, 2.45) is 5.92 Å². The van der Waals surface area contributed by atoms with Gasteiger partial charge in [0.2, 0.25) is 0 Å². The van der Waals surface area contributed by atoms with E-state index in [1.54, 1.807) is 6.07 Å². The summed E-state index contributed by atoms with van der Waals surface area (Å²) < 4.78 is 2.17. The highest BCUT2D eigenvalue weighted by atomic mass is 16.3. The van der Waals surface area contributed by atoms with Gasteiger partial charge in [-0.25, -0.2) is 4.98 Å². The highest BCUT2D eigenvalue weighted by Crippen LogP contribution is 2.35. The fourth-order valence-electron chi connectivity index (χ4n) is 4.83. The summed E-state index contributed by atoms with van der Waals surface area (Å²) in [5.41, 5.74) is 7.18. The smallest absolute Gasteiger partial charge is 0.137 e. The summed E-state index contributed by atoms with van der Waals surface area (Å²) in [6.07, 6.45) is 2.98. The average Bonchev–Trinajstić information content (AvgIpc) is 3.11. The molecule has 0 unspecified atom stereocenters. The third kappa shape index (κ3) is 3.96. The fourth-order valence-corrected chi connectivity index (χ4v) is 4.83. The van der Waals surface area contributed by atoms with Crippen LogP contribution in [-0.2, 0) is 11.8 Å². The quantitative estimate of drug-likeness (QED) is 0.302. The second-order valence-electron chi connectivity index (χ2n) is 10.7. The van der Waals surface area contributed by atoms with Gasteiger partial charge in [0, 0.05) is 28.6 Å². The van der Waals surface area contributed by atoms with Crippen molar-refractivity contribution in [1.29, 1.82) is 0 Å². The molecule has 0 saturated carbocycles. The molecule has 172 valence electrons. The molecular weight excluding hydrogens is 416 g/mol. The van der Waals surface area contributed by atoms with Gasteiger partial charge in [0.15, 0.2) is 0 Å². The maximum Gasteiger partial charge on any atom is 0.137 e. The third-order valence-corrected chi connectivity index (χ3v) is 6.55. The predicted molar refractivity (Wildman–Crippen MR) is 143 cm³/mol. The molecular formula is C31H32N2O. The van der Waals surface area contributed by atoms with Crippen LogP contribution in [0.1, 0.15) is 45.7 Å². The zero-order valence-corrected chi connectivity index (χ0v) is 20.6. The van der Waals surface area contributed by atoms with Crippen LogP contribution in [0.15, 0.2) is 79.0 Å². The SMILES string of the molecule is CC(C)Cc1cc(-n2c3ccccc3c3ccc(O)cc32)ncc1-c1ccc(C(C)(C)C)cc1. The standard InChI is InChI=1S/C31H32N2O/c1-20(2)16-22-17-30(32-19-27(22)21-10-12-23(13-11-21)31(3,4)5)33-28-9-7-6-8-25(28)26-15-14-24(34)18-29(26)33/h6-15,17-20,34H,16H2,1-5H3.